The van der Waals surface area contributed by atoms with Gasteiger partial charge in [-0.05, 0) is 44.3 Å². The highest BCUT2D eigenvalue weighted by Gasteiger charge is 2.21. The highest BCUT2D eigenvalue weighted by molar-refractivity contribution is 9.10. The normalized spacial score (nSPS) is 22.5. The maximum Gasteiger partial charge on any atom is 0.0390 e. The van der Waals surface area contributed by atoms with Crippen LogP contribution in [0, 0.1) is 0 Å². The lowest BCUT2D eigenvalue weighted by atomic mass is 10.2. The molecule has 1 aliphatic rings. The minimum absolute atomic E-state index is 0.459. The van der Waals surface area contributed by atoms with Crippen LogP contribution in [0.3, 0.4) is 0 Å². The van der Waals surface area contributed by atoms with Crippen LogP contribution in [0.2, 0.25) is 0 Å². The van der Waals surface area contributed by atoms with Crippen LogP contribution in [0.1, 0.15) is 6.42 Å². The fourth-order valence-electron chi connectivity index (χ4n) is 2.32. The Morgan fingerprint density at radius 1 is 1.29 bits per heavy atom. The minimum Gasteiger partial charge on any atom is -0.370 e. The lowest BCUT2D eigenvalue weighted by Crippen LogP contribution is -2.43. The molecule has 94 valence electrons. The quantitative estimate of drug-likeness (QED) is 0.905. The van der Waals surface area contributed by atoms with E-state index in [1.165, 1.54) is 12.1 Å². The second-order valence-electron chi connectivity index (χ2n) is 4.65. The molecule has 0 saturated carbocycles. The Morgan fingerprint density at radius 3 is 2.65 bits per heavy atom. The maximum absolute atomic E-state index is 5.85. The molecule has 2 rings (SSSR count). The number of halogens is 1. The van der Waals surface area contributed by atoms with Gasteiger partial charge in [0.15, 0.2) is 0 Å². The van der Waals surface area contributed by atoms with Crippen molar-refractivity contribution in [2.75, 3.05) is 38.1 Å². The largest absolute Gasteiger partial charge is 0.370 e. The van der Waals surface area contributed by atoms with E-state index in [0.717, 1.165) is 30.7 Å². The van der Waals surface area contributed by atoms with Gasteiger partial charge in [0, 0.05) is 35.8 Å². The van der Waals surface area contributed by atoms with E-state index >= 15 is 0 Å². The van der Waals surface area contributed by atoms with E-state index in [-0.39, 0.29) is 0 Å². The van der Waals surface area contributed by atoms with Gasteiger partial charge in [0.25, 0.3) is 0 Å². The SMILES string of the molecule is CN1CCCN(c2ccc(Br)cc2)CC1CN. The first-order valence-corrected chi connectivity index (χ1v) is 6.91. The van der Waals surface area contributed by atoms with E-state index in [9.17, 15) is 0 Å². The number of hydrogen-bond acceptors (Lipinski definition) is 3. The topological polar surface area (TPSA) is 32.5 Å². The molecule has 0 amide bonds. The molecule has 1 atom stereocenters. The van der Waals surface area contributed by atoms with E-state index in [1.807, 2.05) is 0 Å². The van der Waals surface area contributed by atoms with Crippen molar-refractivity contribution in [2.45, 2.75) is 12.5 Å². The first-order chi connectivity index (χ1) is 8.20. The van der Waals surface area contributed by atoms with Crippen LogP contribution in [0.5, 0.6) is 0 Å². The van der Waals surface area contributed by atoms with Crippen LogP contribution in [-0.2, 0) is 0 Å². The van der Waals surface area contributed by atoms with Crippen molar-refractivity contribution < 1.29 is 0 Å². The van der Waals surface area contributed by atoms with Gasteiger partial charge >= 0.3 is 0 Å². The average Bonchev–Trinajstić information content (AvgIpc) is 2.52. The van der Waals surface area contributed by atoms with Gasteiger partial charge < -0.3 is 15.5 Å². The standard InChI is InChI=1S/C13H20BrN3/c1-16-7-2-8-17(10-13(16)9-15)12-5-3-11(14)4-6-12/h3-6,13H,2,7-10,15H2,1H3. The summed E-state index contributed by atoms with van der Waals surface area (Å²) in [6.45, 7) is 4.00. The Labute approximate surface area is 112 Å². The third kappa shape index (κ3) is 3.21. The fraction of sp³-hybridized carbons (Fsp3) is 0.538. The number of nitrogens with two attached hydrogens (primary N) is 1. The Kier molecular flexibility index (Phi) is 4.42. The summed E-state index contributed by atoms with van der Waals surface area (Å²) in [4.78, 5) is 4.81. The zero-order valence-electron chi connectivity index (χ0n) is 10.3. The van der Waals surface area contributed by atoms with Gasteiger partial charge in [0.05, 0.1) is 0 Å². The average molecular weight is 298 g/mol. The molecule has 1 aromatic carbocycles. The number of rotatable bonds is 2. The van der Waals surface area contributed by atoms with Crippen LogP contribution in [0.4, 0.5) is 5.69 Å². The minimum atomic E-state index is 0.459. The third-order valence-electron chi connectivity index (χ3n) is 3.46. The summed E-state index contributed by atoms with van der Waals surface area (Å²) in [5, 5.41) is 0. The molecule has 1 aliphatic heterocycles. The number of nitrogens with zero attached hydrogens (tertiary/aromatic N) is 2. The zero-order chi connectivity index (χ0) is 12.3. The number of hydrogen-bond donors (Lipinski definition) is 1. The van der Waals surface area contributed by atoms with Gasteiger partial charge in [0.2, 0.25) is 0 Å². The molecule has 2 N–H and O–H groups in total. The highest BCUT2D eigenvalue weighted by atomic mass is 79.9. The van der Waals surface area contributed by atoms with Gasteiger partial charge in [-0.2, -0.15) is 0 Å². The molecule has 1 saturated heterocycles. The van der Waals surface area contributed by atoms with Gasteiger partial charge in [-0.1, -0.05) is 15.9 Å². The summed E-state index contributed by atoms with van der Waals surface area (Å²) in [6, 6.07) is 9.00. The summed E-state index contributed by atoms with van der Waals surface area (Å²) in [5.74, 6) is 0. The molecule has 0 bridgehead atoms. The summed E-state index contributed by atoms with van der Waals surface area (Å²) in [5.41, 5.74) is 7.15. The molecule has 1 unspecified atom stereocenters. The Hall–Kier alpha value is -0.580. The van der Waals surface area contributed by atoms with Gasteiger partial charge in [0.1, 0.15) is 0 Å². The van der Waals surface area contributed by atoms with Crippen LogP contribution in [0.15, 0.2) is 28.7 Å². The molecule has 1 heterocycles. The first-order valence-electron chi connectivity index (χ1n) is 6.11. The molecule has 17 heavy (non-hydrogen) atoms. The van der Waals surface area contributed by atoms with Gasteiger partial charge in [-0.3, -0.25) is 0 Å². The molecule has 0 radical (unpaired) electrons. The van der Waals surface area contributed by atoms with E-state index in [1.54, 1.807) is 0 Å². The smallest absolute Gasteiger partial charge is 0.0390 e. The molecule has 0 aliphatic carbocycles. The second kappa shape index (κ2) is 5.85. The summed E-state index contributed by atoms with van der Waals surface area (Å²) in [7, 11) is 2.17. The predicted octanol–water partition coefficient (Wildman–Crippen LogP) is 1.92. The van der Waals surface area contributed by atoms with Crippen molar-refractivity contribution in [1.29, 1.82) is 0 Å². The highest BCUT2D eigenvalue weighted by Crippen LogP contribution is 2.20. The van der Waals surface area contributed by atoms with Crippen LogP contribution in [0.25, 0.3) is 0 Å². The summed E-state index contributed by atoms with van der Waals surface area (Å²) < 4.78 is 1.13. The Morgan fingerprint density at radius 2 is 2.00 bits per heavy atom. The Balaban J connectivity index is 2.12. The molecule has 4 heteroatoms. The lowest BCUT2D eigenvalue weighted by molar-refractivity contribution is 0.266. The second-order valence-corrected chi connectivity index (χ2v) is 5.56. The molecule has 0 spiro atoms. The third-order valence-corrected chi connectivity index (χ3v) is 3.99. The van der Waals surface area contributed by atoms with Crippen LogP contribution in [-0.4, -0.2) is 44.2 Å². The van der Waals surface area contributed by atoms with Crippen LogP contribution < -0.4 is 10.6 Å². The number of anilines is 1. The van der Waals surface area contributed by atoms with Crippen molar-refractivity contribution in [3.05, 3.63) is 28.7 Å². The summed E-state index contributed by atoms with van der Waals surface area (Å²) >= 11 is 3.47. The fourth-order valence-corrected chi connectivity index (χ4v) is 2.58. The van der Waals surface area contributed by atoms with Crippen molar-refractivity contribution in [1.82, 2.24) is 4.90 Å². The number of benzene rings is 1. The molecule has 0 aromatic heterocycles. The first kappa shape index (κ1) is 12.9. The number of likely N-dealkylation sites (N-methyl/N-ethyl adjacent to an activating group) is 1. The monoisotopic (exact) mass is 297 g/mol. The Bertz CT molecular complexity index is 352. The molecular weight excluding hydrogens is 278 g/mol. The van der Waals surface area contributed by atoms with E-state index in [2.05, 4.69) is 57.0 Å². The van der Waals surface area contributed by atoms with Gasteiger partial charge in [-0.15, -0.1) is 0 Å². The molecule has 3 nitrogen and oxygen atoms in total. The predicted molar refractivity (Wildman–Crippen MR) is 76.4 cm³/mol. The van der Waals surface area contributed by atoms with Crippen molar-refractivity contribution in [2.24, 2.45) is 5.73 Å². The molecular formula is C13H20BrN3. The van der Waals surface area contributed by atoms with E-state index in [0.29, 0.717) is 6.04 Å². The maximum atomic E-state index is 5.85. The van der Waals surface area contributed by atoms with Crippen molar-refractivity contribution >= 4 is 21.6 Å². The molecule has 1 aromatic rings. The molecule has 1 fully saturated rings. The van der Waals surface area contributed by atoms with E-state index < -0.39 is 0 Å². The van der Waals surface area contributed by atoms with Crippen molar-refractivity contribution in [3.63, 3.8) is 0 Å². The van der Waals surface area contributed by atoms with Gasteiger partial charge in [-0.25, -0.2) is 0 Å². The zero-order valence-corrected chi connectivity index (χ0v) is 11.9. The van der Waals surface area contributed by atoms with Crippen molar-refractivity contribution in [3.8, 4) is 0 Å². The summed E-state index contributed by atoms with van der Waals surface area (Å²) in [6.07, 6.45) is 1.20. The van der Waals surface area contributed by atoms with E-state index in [4.69, 9.17) is 5.73 Å². The van der Waals surface area contributed by atoms with Crippen LogP contribution >= 0.6 is 15.9 Å². The lowest BCUT2D eigenvalue weighted by Gasteiger charge is -2.29.